The zero-order valence-corrected chi connectivity index (χ0v) is 14.5. The Labute approximate surface area is 151 Å². The summed E-state index contributed by atoms with van der Waals surface area (Å²) in [4.78, 5) is 5.64. The number of furan rings is 2. The summed E-state index contributed by atoms with van der Waals surface area (Å²) in [6, 6.07) is 13.3. The van der Waals surface area contributed by atoms with Crippen molar-refractivity contribution in [2.75, 3.05) is 13.1 Å². The van der Waals surface area contributed by atoms with Gasteiger partial charge in [0.15, 0.2) is 0 Å². The molecule has 0 amide bonds. The van der Waals surface area contributed by atoms with Crippen molar-refractivity contribution >= 4 is 10.9 Å². The lowest BCUT2D eigenvalue weighted by Crippen LogP contribution is -2.27. The van der Waals surface area contributed by atoms with Crippen LogP contribution in [0.15, 0.2) is 70.0 Å². The minimum Gasteiger partial charge on any atom is -0.508 e. The SMILES string of the molecule is Oc1ccc2[nH]cc(CCN(CCc3ccco3)Cc3ccco3)c2c1. The zero-order chi connectivity index (χ0) is 17.8. The van der Waals surface area contributed by atoms with Gasteiger partial charge in [-0.25, -0.2) is 0 Å². The maximum absolute atomic E-state index is 9.76. The van der Waals surface area contributed by atoms with Crippen molar-refractivity contribution in [2.45, 2.75) is 19.4 Å². The van der Waals surface area contributed by atoms with E-state index >= 15 is 0 Å². The Balaban J connectivity index is 1.45. The fraction of sp³-hybridized carbons (Fsp3) is 0.238. The molecule has 2 N–H and O–H groups in total. The molecule has 0 atom stereocenters. The lowest BCUT2D eigenvalue weighted by Gasteiger charge is -2.20. The number of nitrogens with one attached hydrogen (secondary N) is 1. The number of benzene rings is 1. The van der Waals surface area contributed by atoms with Crippen LogP contribution in [0.25, 0.3) is 10.9 Å². The summed E-state index contributed by atoms with van der Waals surface area (Å²) >= 11 is 0. The molecular formula is C21H22N2O3. The molecule has 0 aliphatic heterocycles. The molecule has 0 saturated heterocycles. The lowest BCUT2D eigenvalue weighted by atomic mass is 10.1. The van der Waals surface area contributed by atoms with Crippen molar-refractivity contribution in [3.63, 3.8) is 0 Å². The summed E-state index contributed by atoms with van der Waals surface area (Å²) < 4.78 is 11.0. The quantitative estimate of drug-likeness (QED) is 0.496. The highest BCUT2D eigenvalue weighted by Crippen LogP contribution is 2.23. The number of phenols is 1. The van der Waals surface area contributed by atoms with Crippen LogP contribution in [0.2, 0.25) is 0 Å². The molecule has 0 unspecified atom stereocenters. The van der Waals surface area contributed by atoms with Crippen LogP contribution in [0.3, 0.4) is 0 Å². The van der Waals surface area contributed by atoms with Crippen LogP contribution >= 0.6 is 0 Å². The molecule has 3 aromatic heterocycles. The number of H-pyrrole nitrogens is 1. The highest BCUT2D eigenvalue weighted by atomic mass is 16.3. The van der Waals surface area contributed by atoms with E-state index in [9.17, 15) is 5.11 Å². The van der Waals surface area contributed by atoms with Gasteiger partial charge >= 0.3 is 0 Å². The molecule has 5 nitrogen and oxygen atoms in total. The average molecular weight is 350 g/mol. The summed E-state index contributed by atoms with van der Waals surface area (Å²) in [5, 5.41) is 10.8. The van der Waals surface area contributed by atoms with Gasteiger partial charge in [0.25, 0.3) is 0 Å². The Morgan fingerprint density at radius 3 is 2.46 bits per heavy atom. The first-order valence-corrected chi connectivity index (χ1v) is 8.84. The first-order chi connectivity index (χ1) is 12.8. The zero-order valence-electron chi connectivity index (χ0n) is 14.5. The average Bonchev–Trinajstić information content (AvgIpc) is 3.39. The lowest BCUT2D eigenvalue weighted by molar-refractivity contribution is 0.244. The van der Waals surface area contributed by atoms with Crippen LogP contribution in [-0.2, 0) is 19.4 Å². The normalized spacial score (nSPS) is 11.6. The van der Waals surface area contributed by atoms with E-state index in [0.717, 1.165) is 54.9 Å². The third-order valence-electron chi connectivity index (χ3n) is 4.66. The summed E-state index contributed by atoms with van der Waals surface area (Å²) in [6.07, 6.45) is 7.21. The molecule has 0 fully saturated rings. The van der Waals surface area contributed by atoms with Crippen molar-refractivity contribution in [2.24, 2.45) is 0 Å². The van der Waals surface area contributed by atoms with E-state index in [1.54, 1.807) is 18.6 Å². The molecule has 0 spiro atoms. The van der Waals surface area contributed by atoms with Gasteiger partial charge in [-0.05, 0) is 54.4 Å². The number of phenolic OH excluding ortho intramolecular Hbond substituents is 1. The predicted molar refractivity (Wildman–Crippen MR) is 100 cm³/mol. The van der Waals surface area contributed by atoms with E-state index in [0.29, 0.717) is 5.75 Å². The van der Waals surface area contributed by atoms with Gasteiger partial charge in [-0.1, -0.05) is 0 Å². The second kappa shape index (κ2) is 7.54. The van der Waals surface area contributed by atoms with Gasteiger partial charge in [0.2, 0.25) is 0 Å². The van der Waals surface area contributed by atoms with E-state index in [1.165, 1.54) is 5.56 Å². The Morgan fingerprint density at radius 2 is 1.69 bits per heavy atom. The van der Waals surface area contributed by atoms with Crippen molar-refractivity contribution in [3.8, 4) is 5.75 Å². The number of hydrogen-bond acceptors (Lipinski definition) is 4. The topological polar surface area (TPSA) is 65.5 Å². The number of aromatic hydroxyl groups is 1. The van der Waals surface area contributed by atoms with Gasteiger partial charge in [-0.3, -0.25) is 4.90 Å². The molecule has 0 bridgehead atoms. The third kappa shape index (κ3) is 3.83. The summed E-state index contributed by atoms with van der Waals surface area (Å²) in [7, 11) is 0. The highest BCUT2D eigenvalue weighted by Gasteiger charge is 2.12. The molecule has 0 saturated carbocycles. The molecule has 0 aliphatic rings. The van der Waals surface area contributed by atoms with Crippen LogP contribution in [0.1, 0.15) is 17.1 Å². The number of nitrogens with zero attached hydrogens (tertiary/aromatic N) is 1. The van der Waals surface area contributed by atoms with Gasteiger partial charge in [0, 0.05) is 36.6 Å². The monoisotopic (exact) mass is 350 g/mol. The first kappa shape index (κ1) is 16.5. The van der Waals surface area contributed by atoms with E-state index in [2.05, 4.69) is 9.88 Å². The molecule has 5 heteroatoms. The highest BCUT2D eigenvalue weighted by molar-refractivity contribution is 5.84. The number of aromatic amines is 1. The Bertz CT molecular complexity index is 939. The fourth-order valence-electron chi connectivity index (χ4n) is 3.27. The van der Waals surface area contributed by atoms with Crippen molar-refractivity contribution in [3.05, 3.63) is 78.3 Å². The van der Waals surface area contributed by atoms with Gasteiger partial charge in [-0.15, -0.1) is 0 Å². The molecule has 4 aromatic rings. The number of fused-ring (bicyclic) bond motifs is 1. The van der Waals surface area contributed by atoms with Crippen LogP contribution in [0.4, 0.5) is 0 Å². The minimum atomic E-state index is 0.295. The van der Waals surface area contributed by atoms with Crippen LogP contribution in [0, 0.1) is 0 Å². The van der Waals surface area contributed by atoms with Gasteiger partial charge in [0.1, 0.15) is 17.3 Å². The maximum atomic E-state index is 9.76. The Hall–Kier alpha value is -2.92. The van der Waals surface area contributed by atoms with Crippen molar-refractivity contribution in [1.29, 1.82) is 0 Å². The molecule has 4 rings (SSSR count). The summed E-state index contributed by atoms with van der Waals surface area (Å²) in [5.74, 6) is 2.25. The number of rotatable bonds is 8. The fourth-order valence-corrected chi connectivity index (χ4v) is 3.27. The van der Waals surface area contributed by atoms with Crippen LogP contribution in [-0.4, -0.2) is 28.1 Å². The number of aromatic nitrogens is 1. The maximum Gasteiger partial charge on any atom is 0.117 e. The molecule has 0 aliphatic carbocycles. The van der Waals surface area contributed by atoms with E-state index in [4.69, 9.17) is 8.83 Å². The van der Waals surface area contributed by atoms with E-state index in [1.807, 2.05) is 42.6 Å². The molecule has 1 aromatic carbocycles. The second-order valence-electron chi connectivity index (χ2n) is 6.48. The molecule has 0 radical (unpaired) electrons. The largest absolute Gasteiger partial charge is 0.508 e. The van der Waals surface area contributed by atoms with E-state index < -0.39 is 0 Å². The molecule has 134 valence electrons. The van der Waals surface area contributed by atoms with E-state index in [-0.39, 0.29) is 0 Å². The van der Waals surface area contributed by atoms with Crippen LogP contribution in [0.5, 0.6) is 5.75 Å². The Morgan fingerprint density at radius 1 is 0.923 bits per heavy atom. The van der Waals surface area contributed by atoms with Gasteiger partial charge in [-0.2, -0.15) is 0 Å². The number of hydrogen-bond donors (Lipinski definition) is 2. The molecule has 3 heterocycles. The summed E-state index contributed by atoms with van der Waals surface area (Å²) in [5.41, 5.74) is 2.25. The Kier molecular flexibility index (Phi) is 4.80. The smallest absolute Gasteiger partial charge is 0.117 e. The summed E-state index contributed by atoms with van der Waals surface area (Å²) in [6.45, 7) is 2.55. The third-order valence-corrected chi connectivity index (χ3v) is 4.66. The molecule has 26 heavy (non-hydrogen) atoms. The standard InChI is InChI=1S/C21H22N2O3/c24-17-5-6-21-20(13-17)16(14-22-21)7-9-23(15-19-4-2-12-26-19)10-8-18-3-1-11-25-18/h1-6,11-14,22,24H,7-10,15H2. The second-order valence-corrected chi connectivity index (χ2v) is 6.48. The van der Waals surface area contributed by atoms with Crippen molar-refractivity contribution < 1.29 is 13.9 Å². The van der Waals surface area contributed by atoms with Gasteiger partial charge < -0.3 is 18.9 Å². The van der Waals surface area contributed by atoms with Gasteiger partial charge in [0.05, 0.1) is 19.1 Å². The molecular weight excluding hydrogens is 328 g/mol. The van der Waals surface area contributed by atoms with Crippen LogP contribution < -0.4 is 0 Å². The predicted octanol–water partition coefficient (Wildman–Crippen LogP) is 4.35. The first-order valence-electron chi connectivity index (χ1n) is 8.84. The van der Waals surface area contributed by atoms with Crippen molar-refractivity contribution in [1.82, 2.24) is 9.88 Å². The minimum absolute atomic E-state index is 0.295.